The smallest absolute Gasteiger partial charge is 0.130 e. The lowest BCUT2D eigenvalue weighted by molar-refractivity contribution is 0.621. The summed E-state index contributed by atoms with van der Waals surface area (Å²) >= 11 is 3.33. The van der Waals surface area contributed by atoms with Gasteiger partial charge in [-0.1, -0.05) is 19.4 Å². The minimum Gasteiger partial charge on any atom is -0.368 e. The Balaban J connectivity index is 1.10. The second-order valence-corrected chi connectivity index (χ2v) is 13.3. The van der Waals surface area contributed by atoms with Crippen molar-refractivity contribution in [1.29, 1.82) is 0 Å². The van der Waals surface area contributed by atoms with Crippen LogP contribution in [-0.2, 0) is 6.42 Å². The summed E-state index contributed by atoms with van der Waals surface area (Å²) in [7, 11) is 0. The summed E-state index contributed by atoms with van der Waals surface area (Å²) in [4.78, 5) is 27.9. The maximum absolute atomic E-state index is 4.78. The van der Waals surface area contributed by atoms with E-state index in [4.69, 9.17) is 15.0 Å². The van der Waals surface area contributed by atoms with E-state index in [9.17, 15) is 0 Å². The lowest BCUT2D eigenvalue weighted by Crippen LogP contribution is -2.16. The first-order valence-electron chi connectivity index (χ1n) is 15.3. The molecule has 2 aromatic carbocycles. The van der Waals surface area contributed by atoms with Crippen molar-refractivity contribution in [3.63, 3.8) is 0 Å². The van der Waals surface area contributed by atoms with Gasteiger partial charge in [0.1, 0.15) is 23.3 Å². The summed E-state index contributed by atoms with van der Waals surface area (Å²) in [5.74, 6) is 3.27. The number of thiazole rings is 2. The van der Waals surface area contributed by atoms with Gasteiger partial charge in [-0.2, -0.15) is 0 Å². The quantitative estimate of drug-likeness (QED) is 0.131. The third-order valence-corrected chi connectivity index (χ3v) is 9.42. The maximum Gasteiger partial charge on any atom is 0.130 e. The van der Waals surface area contributed by atoms with Crippen LogP contribution in [0.5, 0.6) is 0 Å². The molecule has 8 nitrogen and oxygen atoms in total. The van der Waals surface area contributed by atoms with E-state index in [1.165, 1.54) is 10.3 Å². The molecule has 226 valence electrons. The van der Waals surface area contributed by atoms with Gasteiger partial charge >= 0.3 is 0 Å². The fraction of sp³-hybridized carbons (Fsp3) is 0.353. The highest BCUT2D eigenvalue weighted by Crippen LogP contribution is 2.31. The van der Waals surface area contributed by atoms with Crippen molar-refractivity contribution in [2.75, 3.05) is 10.6 Å². The molecular weight excluding hydrogens is 585 g/mol. The van der Waals surface area contributed by atoms with Crippen molar-refractivity contribution in [3.05, 3.63) is 70.7 Å². The van der Waals surface area contributed by atoms with Gasteiger partial charge in [0.2, 0.25) is 0 Å². The van der Waals surface area contributed by atoms with Crippen LogP contribution in [0.15, 0.2) is 53.5 Å². The largest absolute Gasteiger partial charge is 0.368 e. The monoisotopic (exact) mass is 622 g/mol. The molecule has 0 fully saturated rings. The highest BCUT2D eigenvalue weighted by Gasteiger charge is 2.13. The van der Waals surface area contributed by atoms with Crippen molar-refractivity contribution < 1.29 is 0 Å². The molecule has 6 rings (SSSR count). The number of aryl methyl sites for hydroxylation is 3. The standard InChI is InChI=1S/C34H38N8S2/c1-6-20(2)37-32-17-29(40-23(5)41-32)26-13-25(34-31(15-26)44-19-36-34)10-8-7-9-21(3)38-33-16-28(39-22(4)42-33)24-11-12-27-30(14-24)43-18-35-27/h11-21H,6-10H2,1-5H3,(H,37,40,41)(H,38,39,42). The van der Waals surface area contributed by atoms with Gasteiger partial charge in [-0.05, 0) is 83.2 Å². The van der Waals surface area contributed by atoms with Crippen molar-refractivity contribution >= 4 is 54.7 Å². The molecule has 0 aliphatic carbocycles. The topological polar surface area (TPSA) is 101 Å². The first-order chi connectivity index (χ1) is 21.3. The van der Waals surface area contributed by atoms with Gasteiger partial charge in [0.15, 0.2) is 0 Å². The summed E-state index contributed by atoms with van der Waals surface area (Å²) in [6.07, 6.45) is 5.22. The summed E-state index contributed by atoms with van der Waals surface area (Å²) in [5, 5.41) is 7.12. The molecule has 4 heterocycles. The number of anilines is 2. The molecule has 2 N–H and O–H groups in total. The molecule has 6 aromatic rings. The number of hydrogen-bond donors (Lipinski definition) is 2. The third-order valence-electron chi connectivity index (χ3n) is 7.85. The van der Waals surface area contributed by atoms with Crippen LogP contribution >= 0.6 is 22.7 Å². The predicted molar refractivity (Wildman–Crippen MR) is 185 cm³/mol. The Morgan fingerprint density at radius 1 is 0.705 bits per heavy atom. The van der Waals surface area contributed by atoms with Gasteiger partial charge in [0.25, 0.3) is 0 Å². The number of nitrogens with zero attached hydrogens (tertiary/aromatic N) is 6. The zero-order valence-corrected chi connectivity index (χ0v) is 27.5. The van der Waals surface area contributed by atoms with E-state index < -0.39 is 0 Å². The molecule has 10 heteroatoms. The normalized spacial score (nSPS) is 12.9. The van der Waals surface area contributed by atoms with Crippen molar-refractivity contribution in [2.24, 2.45) is 0 Å². The Labute approximate surface area is 266 Å². The lowest BCUT2D eigenvalue weighted by Gasteiger charge is -2.16. The average Bonchev–Trinajstić information content (AvgIpc) is 3.68. The molecule has 0 saturated carbocycles. The SMILES string of the molecule is CCC(C)Nc1cc(-c2cc(CCCCC(C)Nc3cc(-c4ccc5ncsc5c4)nc(C)n3)c3ncsc3c2)nc(C)n1. The van der Waals surface area contributed by atoms with Gasteiger partial charge in [0.05, 0.1) is 42.8 Å². The Morgan fingerprint density at radius 3 is 2.11 bits per heavy atom. The van der Waals surface area contributed by atoms with E-state index in [-0.39, 0.29) is 6.04 Å². The molecule has 4 aromatic heterocycles. The van der Waals surface area contributed by atoms with Gasteiger partial charge < -0.3 is 10.6 Å². The highest BCUT2D eigenvalue weighted by atomic mass is 32.1. The predicted octanol–water partition coefficient (Wildman–Crippen LogP) is 8.86. The number of hydrogen-bond acceptors (Lipinski definition) is 10. The first-order valence-corrected chi connectivity index (χ1v) is 17.0. The van der Waals surface area contributed by atoms with E-state index in [0.717, 1.165) is 93.6 Å². The third kappa shape index (κ3) is 7.03. The zero-order chi connectivity index (χ0) is 30.6. The molecular formula is C34H38N8S2. The number of fused-ring (bicyclic) bond motifs is 2. The Hall–Kier alpha value is -4.02. The summed E-state index contributed by atoms with van der Waals surface area (Å²) < 4.78 is 2.36. The van der Waals surface area contributed by atoms with E-state index in [2.05, 4.69) is 88.8 Å². The van der Waals surface area contributed by atoms with Crippen molar-refractivity contribution in [3.8, 4) is 22.5 Å². The van der Waals surface area contributed by atoms with Crippen molar-refractivity contribution in [2.45, 2.75) is 78.8 Å². The van der Waals surface area contributed by atoms with Crippen LogP contribution in [0.3, 0.4) is 0 Å². The fourth-order valence-electron chi connectivity index (χ4n) is 5.41. The molecule has 2 atom stereocenters. The highest BCUT2D eigenvalue weighted by molar-refractivity contribution is 7.17. The van der Waals surface area contributed by atoms with E-state index in [1.54, 1.807) is 22.7 Å². The number of benzene rings is 2. The number of rotatable bonds is 12. The Morgan fingerprint density at radius 2 is 1.36 bits per heavy atom. The second-order valence-electron chi connectivity index (χ2n) is 11.5. The minimum absolute atomic E-state index is 0.284. The molecule has 2 unspecified atom stereocenters. The molecule has 0 aliphatic heterocycles. The molecule has 0 amide bonds. The lowest BCUT2D eigenvalue weighted by atomic mass is 10.0. The molecule has 0 saturated heterocycles. The Bertz CT molecular complexity index is 1900. The zero-order valence-electron chi connectivity index (χ0n) is 25.9. The summed E-state index contributed by atoms with van der Waals surface area (Å²) in [5.41, 5.74) is 11.3. The number of aromatic nitrogens is 6. The van der Waals surface area contributed by atoms with Gasteiger partial charge in [-0.15, -0.1) is 22.7 Å². The molecule has 0 bridgehead atoms. The minimum atomic E-state index is 0.284. The van der Waals surface area contributed by atoms with Gasteiger partial charge in [0, 0.05) is 35.3 Å². The summed E-state index contributed by atoms with van der Waals surface area (Å²) in [6.45, 7) is 10.5. The van der Waals surface area contributed by atoms with Crippen LogP contribution < -0.4 is 10.6 Å². The average molecular weight is 623 g/mol. The van der Waals surface area contributed by atoms with Gasteiger partial charge in [-0.25, -0.2) is 29.9 Å². The molecule has 0 aliphatic rings. The first kappa shape index (κ1) is 30.0. The van der Waals surface area contributed by atoms with Crippen LogP contribution in [-0.4, -0.2) is 42.0 Å². The molecule has 44 heavy (non-hydrogen) atoms. The number of unbranched alkanes of at least 4 members (excludes halogenated alkanes) is 1. The molecule has 0 radical (unpaired) electrons. The van der Waals surface area contributed by atoms with E-state index in [0.29, 0.717) is 6.04 Å². The van der Waals surface area contributed by atoms with Crippen LogP contribution in [0.2, 0.25) is 0 Å². The number of nitrogens with one attached hydrogen (secondary N) is 2. The van der Waals surface area contributed by atoms with E-state index >= 15 is 0 Å². The van der Waals surface area contributed by atoms with Gasteiger partial charge in [-0.3, -0.25) is 0 Å². The van der Waals surface area contributed by atoms with E-state index in [1.807, 2.05) is 24.9 Å². The van der Waals surface area contributed by atoms with Crippen LogP contribution in [0.1, 0.15) is 63.7 Å². The molecule has 0 spiro atoms. The van der Waals surface area contributed by atoms with Crippen LogP contribution in [0.4, 0.5) is 11.6 Å². The van der Waals surface area contributed by atoms with Crippen LogP contribution in [0, 0.1) is 13.8 Å². The fourth-order valence-corrected chi connectivity index (χ4v) is 6.89. The van der Waals surface area contributed by atoms with Crippen LogP contribution in [0.25, 0.3) is 42.9 Å². The van der Waals surface area contributed by atoms with Crippen molar-refractivity contribution in [1.82, 2.24) is 29.9 Å². The second kappa shape index (κ2) is 13.3. The maximum atomic E-state index is 4.78. The Kier molecular flexibility index (Phi) is 9.09. The summed E-state index contributed by atoms with van der Waals surface area (Å²) in [6, 6.07) is 15.5.